The van der Waals surface area contributed by atoms with E-state index >= 15 is 0 Å². The topological polar surface area (TPSA) is 23.6 Å². The van der Waals surface area contributed by atoms with Gasteiger partial charge in [0.15, 0.2) is 0 Å². The van der Waals surface area contributed by atoms with E-state index in [9.17, 15) is 4.79 Å². The number of hydrogen-bond donors (Lipinski definition) is 0. The normalized spacial score (nSPS) is 32.7. The van der Waals surface area contributed by atoms with Crippen LogP contribution in [0.1, 0.15) is 33.6 Å². The zero-order chi connectivity index (χ0) is 11.8. The van der Waals surface area contributed by atoms with Crippen molar-refractivity contribution in [1.82, 2.24) is 9.80 Å². The summed E-state index contributed by atoms with van der Waals surface area (Å²) in [6.07, 6.45) is 3.79. The predicted octanol–water partition coefficient (Wildman–Crippen LogP) is 1.38. The van der Waals surface area contributed by atoms with Gasteiger partial charge in [-0.05, 0) is 26.3 Å². The number of fused-ring (bicyclic) bond motifs is 1. The molecule has 16 heavy (non-hydrogen) atoms. The predicted molar refractivity (Wildman–Crippen MR) is 65.5 cm³/mol. The molecule has 2 rings (SSSR count). The van der Waals surface area contributed by atoms with Crippen LogP contribution in [0.4, 0.5) is 0 Å². The monoisotopic (exact) mass is 224 g/mol. The summed E-state index contributed by atoms with van der Waals surface area (Å²) in [6.45, 7) is 10.9. The highest BCUT2D eigenvalue weighted by molar-refractivity contribution is 5.58. The van der Waals surface area contributed by atoms with Gasteiger partial charge in [0.25, 0.3) is 0 Å². The molecule has 0 N–H and O–H groups in total. The van der Waals surface area contributed by atoms with Crippen molar-refractivity contribution in [1.29, 1.82) is 0 Å². The van der Waals surface area contributed by atoms with E-state index in [0.717, 1.165) is 25.4 Å². The lowest BCUT2D eigenvalue weighted by molar-refractivity contribution is -0.116. The van der Waals surface area contributed by atoms with Crippen LogP contribution in [0, 0.1) is 5.41 Å². The lowest BCUT2D eigenvalue weighted by Gasteiger charge is -2.44. The van der Waals surface area contributed by atoms with Gasteiger partial charge in [0.1, 0.15) is 6.29 Å². The van der Waals surface area contributed by atoms with Gasteiger partial charge in [-0.15, -0.1) is 0 Å². The maximum Gasteiger partial charge on any atom is 0.126 e. The van der Waals surface area contributed by atoms with Gasteiger partial charge in [-0.25, -0.2) is 0 Å². The van der Waals surface area contributed by atoms with Gasteiger partial charge in [-0.3, -0.25) is 9.80 Å². The van der Waals surface area contributed by atoms with E-state index < -0.39 is 0 Å². The molecule has 0 aromatic heterocycles. The molecule has 0 spiro atoms. The summed E-state index contributed by atoms with van der Waals surface area (Å²) in [4.78, 5) is 16.1. The van der Waals surface area contributed by atoms with Crippen molar-refractivity contribution in [2.75, 3.05) is 26.2 Å². The lowest BCUT2D eigenvalue weighted by Crippen LogP contribution is -2.56. The molecule has 3 heteroatoms. The maximum atomic E-state index is 11.0. The Hall–Kier alpha value is -0.410. The summed E-state index contributed by atoms with van der Waals surface area (Å²) >= 11 is 0. The van der Waals surface area contributed by atoms with E-state index in [1.54, 1.807) is 0 Å². The molecule has 2 saturated heterocycles. The van der Waals surface area contributed by atoms with Crippen LogP contribution in [0.25, 0.3) is 0 Å². The maximum absolute atomic E-state index is 11.0. The summed E-state index contributed by atoms with van der Waals surface area (Å²) in [5, 5.41) is 0. The molecule has 2 aliphatic heterocycles. The third-order valence-corrected chi connectivity index (χ3v) is 4.00. The Morgan fingerprint density at radius 3 is 2.81 bits per heavy atom. The number of nitrogens with zero attached hydrogens (tertiary/aromatic N) is 2. The molecule has 0 aromatic rings. The standard InChI is InChI=1S/C13H24N2O/c1-11-7-14-6-4-5-12(14)8-15(11)9-13(2,3)10-16/h10-12H,4-9H2,1-3H3. The van der Waals surface area contributed by atoms with Crippen molar-refractivity contribution in [3.8, 4) is 0 Å². The van der Waals surface area contributed by atoms with Gasteiger partial charge in [0.2, 0.25) is 0 Å². The largest absolute Gasteiger partial charge is 0.303 e. The fourth-order valence-corrected chi connectivity index (χ4v) is 3.03. The molecule has 0 saturated carbocycles. The summed E-state index contributed by atoms with van der Waals surface area (Å²) in [5.41, 5.74) is -0.199. The molecule has 2 atom stereocenters. The summed E-state index contributed by atoms with van der Waals surface area (Å²) in [7, 11) is 0. The van der Waals surface area contributed by atoms with E-state index in [1.807, 2.05) is 13.8 Å². The van der Waals surface area contributed by atoms with Crippen LogP contribution in [-0.4, -0.2) is 54.3 Å². The number of aldehydes is 1. The Kier molecular flexibility index (Phi) is 3.36. The smallest absolute Gasteiger partial charge is 0.126 e. The fraction of sp³-hybridized carbons (Fsp3) is 0.923. The molecule has 0 bridgehead atoms. The van der Waals surface area contributed by atoms with Crippen LogP contribution in [0.15, 0.2) is 0 Å². The van der Waals surface area contributed by atoms with Crippen molar-refractivity contribution < 1.29 is 4.79 Å². The van der Waals surface area contributed by atoms with Gasteiger partial charge in [-0.1, -0.05) is 13.8 Å². The SMILES string of the molecule is CC1CN2CCCC2CN1CC(C)(C)C=O. The summed E-state index contributed by atoms with van der Waals surface area (Å²) in [6, 6.07) is 1.34. The average molecular weight is 224 g/mol. The van der Waals surface area contributed by atoms with Gasteiger partial charge in [0, 0.05) is 37.1 Å². The minimum absolute atomic E-state index is 0.199. The molecule has 2 fully saturated rings. The molecule has 2 aliphatic rings. The van der Waals surface area contributed by atoms with E-state index in [-0.39, 0.29) is 5.41 Å². The van der Waals surface area contributed by atoms with E-state index in [1.165, 1.54) is 25.9 Å². The number of hydrogen-bond acceptors (Lipinski definition) is 3. The Morgan fingerprint density at radius 1 is 1.38 bits per heavy atom. The minimum atomic E-state index is -0.199. The number of piperazine rings is 1. The fourth-order valence-electron chi connectivity index (χ4n) is 3.03. The van der Waals surface area contributed by atoms with Gasteiger partial charge in [0.05, 0.1) is 0 Å². The first kappa shape index (κ1) is 12.1. The quantitative estimate of drug-likeness (QED) is 0.677. The number of carbonyl (C=O) groups excluding carboxylic acids is 1. The van der Waals surface area contributed by atoms with Gasteiger partial charge in [-0.2, -0.15) is 0 Å². The second kappa shape index (κ2) is 4.46. The molecule has 0 amide bonds. The van der Waals surface area contributed by atoms with Crippen molar-refractivity contribution in [3.63, 3.8) is 0 Å². The minimum Gasteiger partial charge on any atom is -0.303 e. The Bertz CT molecular complexity index is 265. The first-order valence-electron chi connectivity index (χ1n) is 6.46. The molecule has 3 nitrogen and oxygen atoms in total. The zero-order valence-corrected chi connectivity index (χ0v) is 10.8. The molecule has 2 heterocycles. The molecule has 92 valence electrons. The first-order valence-corrected chi connectivity index (χ1v) is 6.46. The molecule has 0 aromatic carbocycles. The number of carbonyl (C=O) groups is 1. The second-order valence-corrected chi connectivity index (χ2v) is 6.18. The molecular weight excluding hydrogens is 200 g/mol. The van der Waals surface area contributed by atoms with Crippen molar-refractivity contribution in [2.45, 2.75) is 45.7 Å². The molecule has 0 aliphatic carbocycles. The van der Waals surface area contributed by atoms with Crippen LogP contribution < -0.4 is 0 Å². The summed E-state index contributed by atoms with van der Waals surface area (Å²) < 4.78 is 0. The van der Waals surface area contributed by atoms with Gasteiger partial charge >= 0.3 is 0 Å². The van der Waals surface area contributed by atoms with E-state index in [4.69, 9.17) is 0 Å². The third-order valence-electron chi connectivity index (χ3n) is 4.00. The van der Waals surface area contributed by atoms with Crippen LogP contribution >= 0.6 is 0 Å². The molecular formula is C13H24N2O. The highest BCUT2D eigenvalue weighted by Crippen LogP contribution is 2.26. The van der Waals surface area contributed by atoms with Gasteiger partial charge < -0.3 is 4.79 Å². The van der Waals surface area contributed by atoms with Crippen molar-refractivity contribution in [2.24, 2.45) is 5.41 Å². The van der Waals surface area contributed by atoms with Crippen LogP contribution in [0.2, 0.25) is 0 Å². The Morgan fingerprint density at radius 2 is 2.12 bits per heavy atom. The first-order chi connectivity index (χ1) is 7.52. The van der Waals surface area contributed by atoms with Crippen molar-refractivity contribution >= 4 is 6.29 Å². The Balaban J connectivity index is 1.97. The summed E-state index contributed by atoms with van der Waals surface area (Å²) in [5.74, 6) is 0. The highest BCUT2D eigenvalue weighted by atomic mass is 16.1. The average Bonchev–Trinajstić information content (AvgIpc) is 2.65. The highest BCUT2D eigenvalue weighted by Gasteiger charge is 2.36. The van der Waals surface area contributed by atoms with Crippen molar-refractivity contribution in [3.05, 3.63) is 0 Å². The van der Waals surface area contributed by atoms with E-state index in [0.29, 0.717) is 6.04 Å². The molecule has 0 radical (unpaired) electrons. The van der Waals surface area contributed by atoms with Crippen LogP contribution in [0.3, 0.4) is 0 Å². The lowest BCUT2D eigenvalue weighted by atomic mass is 9.93. The number of rotatable bonds is 3. The van der Waals surface area contributed by atoms with Crippen LogP contribution in [0.5, 0.6) is 0 Å². The second-order valence-electron chi connectivity index (χ2n) is 6.18. The zero-order valence-electron chi connectivity index (χ0n) is 10.8. The van der Waals surface area contributed by atoms with E-state index in [2.05, 4.69) is 16.7 Å². The molecule has 2 unspecified atom stereocenters. The third kappa shape index (κ3) is 2.46. The Labute approximate surface area is 98.8 Å². The van der Waals surface area contributed by atoms with Crippen LogP contribution in [-0.2, 0) is 4.79 Å².